The number of benzene rings is 2. The Hall–Kier alpha value is -2.14. The molecule has 4 rings (SSSR count). The molecule has 150 valence electrons. The molecule has 0 unspecified atom stereocenters. The van der Waals surface area contributed by atoms with Crippen LogP contribution in [0.2, 0.25) is 15.1 Å². The summed E-state index contributed by atoms with van der Waals surface area (Å²) in [4.78, 5) is 14.9. The van der Waals surface area contributed by atoms with Gasteiger partial charge in [-0.1, -0.05) is 40.9 Å². The first kappa shape index (κ1) is 20.1. The maximum Gasteiger partial charge on any atom is 0.291 e. The summed E-state index contributed by atoms with van der Waals surface area (Å²) in [5, 5.41) is 4.26. The largest absolute Gasteiger partial charge is 0.451 e. The number of carbonyl (C=O) groups is 1. The van der Waals surface area contributed by atoms with Crippen LogP contribution >= 0.6 is 34.8 Å². The van der Waals surface area contributed by atoms with Crippen molar-refractivity contribution in [1.82, 2.24) is 0 Å². The van der Waals surface area contributed by atoms with Crippen molar-refractivity contribution in [2.75, 3.05) is 23.3 Å². The first-order valence-corrected chi connectivity index (χ1v) is 10.6. The zero-order valence-electron chi connectivity index (χ0n) is 15.6. The van der Waals surface area contributed by atoms with Crippen molar-refractivity contribution in [3.8, 4) is 11.3 Å². The molecule has 1 fully saturated rings. The van der Waals surface area contributed by atoms with E-state index in [2.05, 4.69) is 10.2 Å². The topological polar surface area (TPSA) is 45.5 Å². The fraction of sp³-hybridized carbons (Fsp3) is 0.227. The lowest BCUT2D eigenvalue weighted by molar-refractivity contribution is 0.0997. The molecule has 0 radical (unpaired) electrons. The minimum absolute atomic E-state index is 0.173. The van der Waals surface area contributed by atoms with Gasteiger partial charge in [-0.05, 0) is 61.7 Å². The van der Waals surface area contributed by atoms with Crippen LogP contribution in [0.15, 0.2) is 52.9 Å². The van der Waals surface area contributed by atoms with Crippen molar-refractivity contribution in [2.24, 2.45) is 0 Å². The van der Waals surface area contributed by atoms with Crippen LogP contribution < -0.4 is 10.2 Å². The second-order valence-corrected chi connectivity index (χ2v) is 8.13. The van der Waals surface area contributed by atoms with Gasteiger partial charge in [-0.25, -0.2) is 0 Å². The number of amides is 1. The molecular formula is C22H19Cl3N2O2. The standard InChI is InChI=1S/C22H19Cl3N2O2/c23-16-6-4-5-15(21(16)25)19-9-10-20(29-19)22(28)26-14-7-8-18(17(24)13-14)27-11-2-1-3-12-27/h4-10,13H,1-3,11-12H2,(H,26,28). The van der Waals surface area contributed by atoms with Gasteiger partial charge in [0.25, 0.3) is 5.91 Å². The van der Waals surface area contributed by atoms with Crippen molar-refractivity contribution < 1.29 is 9.21 Å². The lowest BCUT2D eigenvalue weighted by atomic mass is 10.1. The Morgan fingerprint density at radius 1 is 0.931 bits per heavy atom. The van der Waals surface area contributed by atoms with Gasteiger partial charge in [0.05, 0.1) is 20.8 Å². The summed E-state index contributed by atoms with van der Waals surface area (Å²) >= 11 is 18.8. The SMILES string of the molecule is O=C(Nc1ccc(N2CCCCC2)c(Cl)c1)c1ccc(-c2cccc(Cl)c2Cl)o1. The molecule has 1 saturated heterocycles. The van der Waals surface area contributed by atoms with Crippen molar-refractivity contribution in [2.45, 2.75) is 19.3 Å². The summed E-state index contributed by atoms with van der Waals surface area (Å²) in [6.07, 6.45) is 3.60. The molecule has 1 N–H and O–H groups in total. The van der Waals surface area contributed by atoms with E-state index in [9.17, 15) is 4.79 Å². The van der Waals surface area contributed by atoms with Gasteiger partial charge in [0.2, 0.25) is 0 Å². The first-order valence-electron chi connectivity index (χ1n) is 9.43. The highest BCUT2D eigenvalue weighted by molar-refractivity contribution is 6.43. The fourth-order valence-corrected chi connectivity index (χ4v) is 4.16. The number of carbonyl (C=O) groups excluding carboxylic acids is 1. The van der Waals surface area contributed by atoms with Crippen LogP contribution in [0.25, 0.3) is 11.3 Å². The molecule has 1 aromatic heterocycles. The first-order chi connectivity index (χ1) is 14.0. The third-order valence-electron chi connectivity index (χ3n) is 4.95. The summed E-state index contributed by atoms with van der Waals surface area (Å²) in [6.45, 7) is 2.01. The third kappa shape index (κ3) is 4.40. The van der Waals surface area contributed by atoms with Crippen LogP contribution in [0.5, 0.6) is 0 Å². The molecule has 0 saturated carbocycles. The number of anilines is 2. The highest BCUT2D eigenvalue weighted by atomic mass is 35.5. The average Bonchev–Trinajstić information content (AvgIpc) is 3.21. The van der Waals surface area contributed by atoms with E-state index in [1.807, 2.05) is 12.1 Å². The third-order valence-corrected chi connectivity index (χ3v) is 6.07. The molecule has 0 bridgehead atoms. The van der Waals surface area contributed by atoms with Crippen molar-refractivity contribution in [3.05, 3.63) is 69.4 Å². The highest BCUT2D eigenvalue weighted by Crippen LogP contribution is 2.35. The lowest BCUT2D eigenvalue weighted by Gasteiger charge is -2.29. The van der Waals surface area contributed by atoms with Crippen LogP contribution in [-0.2, 0) is 0 Å². The van der Waals surface area contributed by atoms with Gasteiger partial charge in [0.15, 0.2) is 5.76 Å². The monoisotopic (exact) mass is 448 g/mol. The molecule has 0 atom stereocenters. The van der Waals surface area contributed by atoms with E-state index in [1.54, 1.807) is 36.4 Å². The number of hydrogen-bond donors (Lipinski definition) is 1. The number of hydrogen-bond acceptors (Lipinski definition) is 3. The minimum atomic E-state index is -0.365. The van der Waals surface area contributed by atoms with E-state index < -0.39 is 0 Å². The van der Waals surface area contributed by atoms with Gasteiger partial charge in [0.1, 0.15) is 5.76 Å². The van der Waals surface area contributed by atoms with E-state index in [1.165, 1.54) is 19.3 Å². The number of piperidine rings is 1. The lowest BCUT2D eigenvalue weighted by Crippen LogP contribution is -2.29. The molecular weight excluding hydrogens is 431 g/mol. The molecule has 3 aromatic rings. The summed E-state index contributed by atoms with van der Waals surface area (Å²) in [5.41, 5.74) is 2.24. The number of nitrogens with one attached hydrogen (secondary N) is 1. The van der Waals surface area contributed by atoms with E-state index in [0.29, 0.717) is 32.1 Å². The maximum atomic E-state index is 12.6. The normalized spacial score (nSPS) is 14.1. The van der Waals surface area contributed by atoms with Crippen LogP contribution in [0.4, 0.5) is 11.4 Å². The molecule has 29 heavy (non-hydrogen) atoms. The molecule has 7 heteroatoms. The van der Waals surface area contributed by atoms with Gasteiger partial charge in [-0.2, -0.15) is 0 Å². The minimum Gasteiger partial charge on any atom is -0.451 e. The van der Waals surface area contributed by atoms with Crippen molar-refractivity contribution >= 4 is 52.1 Å². The Labute approximate surface area is 184 Å². The van der Waals surface area contributed by atoms with E-state index in [0.717, 1.165) is 18.8 Å². The van der Waals surface area contributed by atoms with Crippen molar-refractivity contribution in [3.63, 3.8) is 0 Å². The molecule has 1 aliphatic heterocycles. The molecule has 1 aliphatic rings. The number of halogens is 3. The number of nitrogens with zero attached hydrogens (tertiary/aromatic N) is 1. The average molecular weight is 450 g/mol. The van der Waals surface area contributed by atoms with Crippen molar-refractivity contribution in [1.29, 1.82) is 0 Å². The van der Waals surface area contributed by atoms with Crippen LogP contribution in [0.3, 0.4) is 0 Å². The summed E-state index contributed by atoms with van der Waals surface area (Å²) in [6, 6.07) is 14.1. The Balaban J connectivity index is 1.49. The van der Waals surface area contributed by atoms with Gasteiger partial charge >= 0.3 is 0 Å². The van der Waals surface area contributed by atoms with Gasteiger partial charge in [0, 0.05) is 24.3 Å². The highest BCUT2D eigenvalue weighted by Gasteiger charge is 2.17. The maximum absolute atomic E-state index is 12.6. The predicted molar refractivity (Wildman–Crippen MR) is 120 cm³/mol. The van der Waals surface area contributed by atoms with Crippen LogP contribution in [0, 0.1) is 0 Å². The molecule has 2 aromatic carbocycles. The number of rotatable bonds is 4. The fourth-order valence-electron chi connectivity index (χ4n) is 3.47. The van der Waals surface area contributed by atoms with Crippen LogP contribution in [-0.4, -0.2) is 19.0 Å². The molecule has 2 heterocycles. The quantitative estimate of drug-likeness (QED) is 0.460. The summed E-state index contributed by atoms with van der Waals surface area (Å²) in [7, 11) is 0. The van der Waals surface area contributed by atoms with Gasteiger partial charge in [-0.15, -0.1) is 0 Å². The van der Waals surface area contributed by atoms with E-state index >= 15 is 0 Å². The van der Waals surface area contributed by atoms with Gasteiger partial charge in [-0.3, -0.25) is 4.79 Å². The Morgan fingerprint density at radius 2 is 1.72 bits per heavy atom. The Kier molecular flexibility index (Phi) is 6.04. The Morgan fingerprint density at radius 3 is 2.48 bits per heavy atom. The molecule has 1 amide bonds. The second kappa shape index (κ2) is 8.70. The van der Waals surface area contributed by atoms with Crippen LogP contribution in [0.1, 0.15) is 29.8 Å². The molecule has 0 spiro atoms. The summed E-state index contributed by atoms with van der Waals surface area (Å²) < 4.78 is 5.69. The zero-order valence-corrected chi connectivity index (χ0v) is 17.8. The Bertz CT molecular complexity index is 1040. The van der Waals surface area contributed by atoms with E-state index in [4.69, 9.17) is 39.2 Å². The predicted octanol–water partition coefficient (Wildman–Crippen LogP) is 7.15. The molecule has 0 aliphatic carbocycles. The molecule has 4 nitrogen and oxygen atoms in total. The summed E-state index contributed by atoms with van der Waals surface area (Å²) in [5.74, 6) is 0.282. The zero-order chi connectivity index (χ0) is 20.4. The number of furan rings is 1. The second-order valence-electron chi connectivity index (χ2n) is 6.93. The van der Waals surface area contributed by atoms with Gasteiger partial charge < -0.3 is 14.6 Å². The van der Waals surface area contributed by atoms with E-state index in [-0.39, 0.29) is 11.7 Å². The smallest absolute Gasteiger partial charge is 0.291 e.